The predicted molar refractivity (Wildman–Crippen MR) is 136 cm³/mol. The van der Waals surface area contributed by atoms with Crippen LogP contribution in [0.15, 0.2) is 45.7 Å². The maximum Gasteiger partial charge on any atom is 0.167 e. The van der Waals surface area contributed by atoms with E-state index in [4.69, 9.17) is 14.2 Å². The zero-order valence-corrected chi connectivity index (χ0v) is 21.6. The second-order valence-corrected chi connectivity index (χ2v) is 9.86. The summed E-state index contributed by atoms with van der Waals surface area (Å²) < 4.78 is 18.9. The topological polar surface area (TPSA) is 194 Å². The molecule has 1 aromatic carbocycles. The van der Waals surface area contributed by atoms with E-state index in [1.807, 2.05) is 58.0 Å². The highest BCUT2D eigenvalue weighted by Gasteiger charge is 2.49. The molecule has 200 valence electrons. The van der Waals surface area contributed by atoms with E-state index >= 15 is 0 Å². The van der Waals surface area contributed by atoms with Gasteiger partial charge in [-0.05, 0) is 46.8 Å². The van der Waals surface area contributed by atoms with Gasteiger partial charge in [0.05, 0.1) is 49.1 Å². The summed E-state index contributed by atoms with van der Waals surface area (Å²) in [6.45, 7) is 7.94. The van der Waals surface area contributed by atoms with Crippen LogP contribution in [0.2, 0.25) is 0 Å². The first kappa shape index (κ1) is 28.6. The monoisotopic (exact) mass is 513 g/mol. The molecule has 1 N–H and O–H groups in total. The quantitative estimate of drug-likeness (QED) is 0.234. The van der Waals surface area contributed by atoms with Gasteiger partial charge in [0, 0.05) is 20.7 Å². The number of hydrogen-bond acceptors (Lipinski definition) is 7. The first-order valence-electron chi connectivity index (χ1n) is 12.6. The lowest BCUT2D eigenvalue weighted by atomic mass is 9.78. The summed E-state index contributed by atoms with van der Waals surface area (Å²) in [6.07, 6.45) is -2.71. The normalized spacial score (nSPS) is 36.4. The molecular weight excluding hydrogens is 478 g/mol. The van der Waals surface area contributed by atoms with Gasteiger partial charge in [-0.25, -0.2) is 0 Å². The molecule has 37 heavy (non-hydrogen) atoms. The van der Waals surface area contributed by atoms with E-state index in [9.17, 15) is 21.7 Å². The average molecular weight is 514 g/mol. The summed E-state index contributed by atoms with van der Waals surface area (Å²) in [5.41, 5.74) is 28.6. The molecule has 2 fully saturated rings. The number of aliphatic hydroxyl groups is 1. The molecule has 0 amide bonds. The standard InChI is InChI=1S/C24H35N9O4/c1-5-19(34)23-14(3)13(2)20(30-33-27)24(37-23)36-22-15(4)21(35-12-16-9-7-6-8-10-16)17(28-31-25)11-18(22)29-32-26/h6-10,13-15,17-24,34H,5,11-12H2,1-4H3/t13-,14-,15+,17+,18?,19?,20?,21?,22-,23?,24-/m0/s1. The lowest BCUT2D eigenvalue weighted by Gasteiger charge is -2.48. The van der Waals surface area contributed by atoms with Gasteiger partial charge in [0.25, 0.3) is 0 Å². The second kappa shape index (κ2) is 13.5. The van der Waals surface area contributed by atoms with Gasteiger partial charge in [-0.15, -0.1) is 0 Å². The Hall–Kier alpha value is -3.01. The number of rotatable bonds is 10. The Labute approximate surface area is 216 Å². The Morgan fingerprint density at radius 2 is 1.57 bits per heavy atom. The van der Waals surface area contributed by atoms with Crippen molar-refractivity contribution in [1.82, 2.24) is 0 Å². The number of ether oxygens (including phenoxy) is 3. The number of azide groups is 3. The zero-order valence-electron chi connectivity index (χ0n) is 21.6. The van der Waals surface area contributed by atoms with Crippen molar-refractivity contribution in [2.24, 2.45) is 33.1 Å². The molecule has 1 saturated heterocycles. The fourth-order valence-corrected chi connectivity index (χ4v) is 5.38. The van der Waals surface area contributed by atoms with Gasteiger partial charge in [-0.3, -0.25) is 0 Å². The third-order valence-electron chi connectivity index (χ3n) is 7.69. The molecule has 11 atom stereocenters. The molecule has 1 saturated carbocycles. The van der Waals surface area contributed by atoms with Crippen LogP contribution in [-0.4, -0.2) is 53.9 Å². The largest absolute Gasteiger partial charge is 0.390 e. The summed E-state index contributed by atoms with van der Waals surface area (Å²) in [5.74, 6) is -0.597. The Morgan fingerprint density at radius 1 is 0.946 bits per heavy atom. The Morgan fingerprint density at radius 3 is 2.16 bits per heavy atom. The fraction of sp³-hybridized carbons (Fsp3) is 0.750. The van der Waals surface area contributed by atoms with Gasteiger partial charge in [0.2, 0.25) is 0 Å². The van der Waals surface area contributed by atoms with Crippen LogP contribution in [0.1, 0.15) is 46.1 Å². The SMILES string of the molecule is CCC(O)C1O[C@H](O[C@@H]2C(N=[N+]=[N-])C[C@@H](N=[N+]=[N-])C(OCc3ccccc3)[C@H]2C)C(N=[N+]=[N-])[C@@H](C)[C@@H]1C. The minimum absolute atomic E-state index is 0.0849. The van der Waals surface area contributed by atoms with Gasteiger partial charge in [-0.2, -0.15) is 0 Å². The van der Waals surface area contributed by atoms with Gasteiger partial charge in [-0.1, -0.05) is 73.4 Å². The van der Waals surface area contributed by atoms with Crippen LogP contribution in [0, 0.1) is 17.8 Å². The lowest BCUT2D eigenvalue weighted by molar-refractivity contribution is -0.279. The molecule has 13 nitrogen and oxygen atoms in total. The number of nitrogens with zero attached hydrogens (tertiary/aromatic N) is 9. The van der Waals surface area contributed by atoms with Gasteiger partial charge in [0.1, 0.15) is 0 Å². The number of benzene rings is 1. The van der Waals surface area contributed by atoms with Crippen molar-refractivity contribution in [3.63, 3.8) is 0 Å². The van der Waals surface area contributed by atoms with Crippen LogP contribution in [0.3, 0.4) is 0 Å². The summed E-state index contributed by atoms with van der Waals surface area (Å²) >= 11 is 0. The molecule has 0 bridgehead atoms. The predicted octanol–water partition coefficient (Wildman–Crippen LogP) is 5.80. The molecule has 1 heterocycles. The molecule has 5 unspecified atom stereocenters. The van der Waals surface area contributed by atoms with Crippen molar-refractivity contribution in [3.8, 4) is 0 Å². The third-order valence-corrected chi connectivity index (χ3v) is 7.69. The van der Waals surface area contributed by atoms with E-state index < -0.39 is 48.8 Å². The van der Waals surface area contributed by atoms with Crippen LogP contribution in [-0.2, 0) is 20.8 Å². The summed E-state index contributed by atoms with van der Waals surface area (Å²) in [4.78, 5) is 8.99. The zero-order chi connectivity index (χ0) is 26.9. The molecule has 3 rings (SSSR count). The average Bonchev–Trinajstić information content (AvgIpc) is 2.90. The maximum absolute atomic E-state index is 10.6. The van der Waals surface area contributed by atoms with Crippen molar-refractivity contribution < 1.29 is 19.3 Å². The molecule has 2 aliphatic rings. The van der Waals surface area contributed by atoms with E-state index in [-0.39, 0.29) is 24.2 Å². The smallest absolute Gasteiger partial charge is 0.167 e. The van der Waals surface area contributed by atoms with Crippen molar-refractivity contribution in [2.75, 3.05) is 0 Å². The Kier molecular flexibility index (Phi) is 10.4. The Bertz CT molecular complexity index is 1030. The van der Waals surface area contributed by atoms with Crippen LogP contribution in [0.5, 0.6) is 0 Å². The molecule has 1 aromatic rings. The van der Waals surface area contributed by atoms with Gasteiger partial charge in [0.15, 0.2) is 6.29 Å². The molecule has 1 aliphatic carbocycles. The third kappa shape index (κ3) is 6.66. The first-order chi connectivity index (χ1) is 17.9. The molecule has 0 radical (unpaired) electrons. The second-order valence-electron chi connectivity index (χ2n) is 9.86. The van der Waals surface area contributed by atoms with E-state index in [0.717, 1.165) is 5.56 Å². The summed E-state index contributed by atoms with van der Waals surface area (Å²) in [5, 5.41) is 22.5. The molecule has 0 aromatic heterocycles. The summed E-state index contributed by atoms with van der Waals surface area (Å²) in [7, 11) is 0. The number of hydrogen-bond donors (Lipinski definition) is 1. The Balaban J connectivity index is 1.91. The van der Waals surface area contributed by atoms with Gasteiger partial charge >= 0.3 is 0 Å². The highest BCUT2D eigenvalue weighted by molar-refractivity contribution is 5.13. The van der Waals surface area contributed by atoms with Crippen LogP contribution in [0.25, 0.3) is 31.3 Å². The van der Waals surface area contributed by atoms with Crippen molar-refractivity contribution in [2.45, 2.75) is 96.0 Å². The highest BCUT2D eigenvalue weighted by Crippen LogP contribution is 2.40. The fourth-order valence-electron chi connectivity index (χ4n) is 5.38. The highest BCUT2D eigenvalue weighted by atomic mass is 16.7. The van der Waals surface area contributed by atoms with Crippen LogP contribution in [0.4, 0.5) is 0 Å². The van der Waals surface area contributed by atoms with Crippen molar-refractivity contribution in [1.29, 1.82) is 0 Å². The van der Waals surface area contributed by atoms with Crippen LogP contribution < -0.4 is 0 Å². The van der Waals surface area contributed by atoms with Gasteiger partial charge < -0.3 is 19.3 Å². The lowest BCUT2D eigenvalue weighted by Crippen LogP contribution is -2.58. The maximum atomic E-state index is 10.6. The molecular formula is C24H35N9O4. The van der Waals surface area contributed by atoms with E-state index in [1.165, 1.54) is 0 Å². The van der Waals surface area contributed by atoms with Crippen molar-refractivity contribution in [3.05, 3.63) is 67.2 Å². The van der Waals surface area contributed by atoms with E-state index in [1.54, 1.807) is 0 Å². The van der Waals surface area contributed by atoms with Crippen molar-refractivity contribution >= 4 is 0 Å². The molecule has 0 spiro atoms. The van der Waals surface area contributed by atoms with E-state index in [0.29, 0.717) is 13.0 Å². The first-order valence-corrected chi connectivity index (χ1v) is 12.6. The van der Waals surface area contributed by atoms with E-state index in [2.05, 4.69) is 30.1 Å². The number of aliphatic hydroxyl groups excluding tert-OH is 1. The summed E-state index contributed by atoms with van der Waals surface area (Å²) in [6, 6.07) is 7.72. The minimum Gasteiger partial charge on any atom is -0.390 e. The minimum atomic E-state index is -0.970. The van der Waals surface area contributed by atoms with Crippen LogP contribution >= 0.6 is 0 Å². The molecule has 1 aliphatic heterocycles. The molecule has 13 heteroatoms.